The molecule has 0 spiro atoms. The largest absolute Gasteiger partial charge is 0.480 e. The predicted molar refractivity (Wildman–Crippen MR) is 90.4 cm³/mol. The Balaban J connectivity index is 1.58. The second-order valence-electron chi connectivity index (χ2n) is 6.12. The molecular weight excluding hydrogens is 288 g/mol. The summed E-state index contributed by atoms with van der Waals surface area (Å²) in [5.41, 5.74) is 10.6. The van der Waals surface area contributed by atoms with Crippen LogP contribution < -0.4 is 15.8 Å². The van der Waals surface area contributed by atoms with Gasteiger partial charge in [-0.15, -0.1) is 0 Å². The molecule has 3 N–H and O–H groups in total. The third-order valence-electron chi connectivity index (χ3n) is 4.37. The van der Waals surface area contributed by atoms with E-state index in [0.29, 0.717) is 13.0 Å². The Bertz CT molecular complexity index is 682. The van der Waals surface area contributed by atoms with Crippen LogP contribution in [0.2, 0.25) is 0 Å². The smallest absolute Gasteiger partial charge is 0.261 e. The van der Waals surface area contributed by atoms with Gasteiger partial charge in [0, 0.05) is 19.0 Å². The molecule has 0 bridgehead atoms. The van der Waals surface area contributed by atoms with Crippen molar-refractivity contribution >= 4 is 5.91 Å². The molecule has 23 heavy (non-hydrogen) atoms. The first-order valence-electron chi connectivity index (χ1n) is 7.89. The average Bonchev–Trinajstić information content (AvgIpc) is 2.96. The Morgan fingerprint density at radius 1 is 1.26 bits per heavy atom. The second kappa shape index (κ2) is 6.42. The van der Waals surface area contributed by atoms with Gasteiger partial charge in [0.05, 0.1) is 0 Å². The first-order valence-corrected chi connectivity index (χ1v) is 7.89. The molecule has 0 fully saturated rings. The number of nitrogens with two attached hydrogens (primary N) is 1. The molecule has 1 heterocycles. The van der Waals surface area contributed by atoms with Crippen molar-refractivity contribution in [3.63, 3.8) is 0 Å². The number of hydrogen-bond acceptors (Lipinski definition) is 3. The summed E-state index contributed by atoms with van der Waals surface area (Å²) in [6.45, 7) is 4.52. The lowest BCUT2D eigenvalue weighted by molar-refractivity contribution is -0.127. The molecule has 2 unspecified atom stereocenters. The van der Waals surface area contributed by atoms with Crippen LogP contribution in [0.25, 0.3) is 0 Å². The van der Waals surface area contributed by atoms with Gasteiger partial charge < -0.3 is 15.8 Å². The normalized spacial score (nSPS) is 17.3. The van der Waals surface area contributed by atoms with Crippen molar-refractivity contribution in [2.45, 2.75) is 32.4 Å². The van der Waals surface area contributed by atoms with Crippen molar-refractivity contribution in [2.75, 3.05) is 6.54 Å². The topological polar surface area (TPSA) is 64.3 Å². The molecule has 3 rings (SSSR count). The SMILES string of the molecule is Cc1cc2c(cc1C)OC(C(=O)NCC(N)c1ccccc1)C2. The monoisotopic (exact) mass is 310 g/mol. The Labute approximate surface area is 136 Å². The van der Waals surface area contributed by atoms with Gasteiger partial charge >= 0.3 is 0 Å². The van der Waals surface area contributed by atoms with Crippen LogP contribution in [-0.2, 0) is 11.2 Å². The molecule has 1 aliphatic rings. The number of carbonyl (C=O) groups excluding carboxylic acids is 1. The molecule has 1 amide bonds. The van der Waals surface area contributed by atoms with Crippen molar-refractivity contribution in [1.82, 2.24) is 5.32 Å². The summed E-state index contributed by atoms with van der Waals surface area (Å²) in [4.78, 5) is 12.3. The third kappa shape index (κ3) is 3.37. The minimum atomic E-state index is -0.464. The van der Waals surface area contributed by atoms with Gasteiger partial charge in [0.2, 0.25) is 0 Å². The number of hydrogen-bond donors (Lipinski definition) is 2. The van der Waals surface area contributed by atoms with E-state index in [0.717, 1.165) is 16.9 Å². The van der Waals surface area contributed by atoms with Crippen LogP contribution in [0.4, 0.5) is 0 Å². The second-order valence-corrected chi connectivity index (χ2v) is 6.12. The maximum Gasteiger partial charge on any atom is 0.261 e. The average molecular weight is 310 g/mol. The van der Waals surface area contributed by atoms with E-state index >= 15 is 0 Å². The summed E-state index contributed by atoms with van der Waals surface area (Å²) in [6, 6.07) is 13.7. The van der Waals surface area contributed by atoms with Gasteiger partial charge in [0.25, 0.3) is 5.91 Å². The highest BCUT2D eigenvalue weighted by molar-refractivity contribution is 5.82. The molecule has 2 aromatic rings. The molecule has 0 aliphatic carbocycles. The van der Waals surface area contributed by atoms with E-state index in [9.17, 15) is 4.79 Å². The van der Waals surface area contributed by atoms with Crippen molar-refractivity contribution < 1.29 is 9.53 Å². The maximum atomic E-state index is 12.3. The molecule has 0 saturated carbocycles. The summed E-state index contributed by atoms with van der Waals surface area (Å²) in [5.74, 6) is 0.712. The minimum absolute atomic E-state index is 0.108. The minimum Gasteiger partial charge on any atom is -0.480 e. The summed E-state index contributed by atoms with van der Waals surface area (Å²) in [7, 11) is 0. The number of aryl methyl sites for hydroxylation is 2. The molecular formula is C19H22N2O2. The lowest BCUT2D eigenvalue weighted by Gasteiger charge is -2.15. The van der Waals surface area contributed by atoms with E-state index in [1.54, 1.807) is 0 Å². The fourth-order valence-electron chi connectivity index (χ4n) is 2.80. The summed E-state index contributed by atoms with van der Waals surface area (Å²) in [6.07, 6.45) is 0.150. The van der Waals surface area contributed by atoms with Crippen LogP contribution in [-0.4, -0.2) is 18.6 Å². The number of amides is 1. The summed E-state index contributed by atoms with van der Waals surface area (Å²) >= 11 is 0. The van der Waals surface area contributed by atoms with Gasteiger partial charge in [0.1, 0.15) is 5.75 Å². The molecule has 0 radical (unpaired) electrons. The Morgan fingerprint density at radius 2 is 1.96 bits per heavy atom. The number of nitrogens with one attached hydrogen (secondary N) is 1. The summed E-state index contributed by atoms with van der Waals surface area (Å²) in [5, 5.41) is 2.90. The molecule has 0 aromatic heterocycles. The van der Waals surface area contributed by atoms with Crippen molar-refractivity contribution in [3.8, 4) is 5.75 Å². The molecule has 4 heteroatoms. The number of ether oxygens (including phenoxy) is 1. The first kappa shape index (κ1) is 15.6. The van der Waals surface area contributed by atoms with Crippen molar-refractivity contribution in [2.24, 2.45) is 5.73 Å². The number of fused-ring (bicyclic) bond motifs is 1. The lowest BCUT2D eigenvalue weighted by Crippen LogP contribution is -2.40. The van der Waals surface area contributed by atoms with Crippen molar-refractivity contribution in [1.29, 1.82) is 0 Å². The zero-order valence-electron chi connectivity index (χ0n) is 13.5. The van der Waals surface area contributed by atoms with Crippen LogP contribution in [0.15, 0.2) is 42.5 Å². The molecule has 0 saturated heterocycles. The number of benzene rings is 2. The zero-order chi connectivity index (χ0) is 16.4. The van der Waals surface area contributed by atoms with Crippen LogP contribution in [0, 0.1) is 13.8 Å². The molecule has 4 nitrogen and oxygen atoms in total. The number of rotatable bonds is 4. The fourth-order valence-corrected chi connectivity index (χ4v) is 2.80. The highest BCUT2D eigenvalue weighted by Gasteiger charge is 2.29. The molecule has 1 aliphatic heterocycles. The van der Waals surface area contributed by atoms with Gasteiger partial charge in [-0.2, -0.15) is 0 Å². The highest BCUT2D eigenvalue weighted by Crippen LogP contribution is 2.31. The predicted octanol–water partition coefficient (Wildman–Crippen LogP) is 2.42. The van der Waals surface area contributed by atoms with Gasteiger partial charge in [-0.3, -0.25) is 4.79 Å². The Hall–Kier alpha value is -2.33. The lowest BCUT2D eigenvalue weighted by atomic mass is 10.0. The van der Waals surface area contributed by atoms with Gasteiger partial charge in [-0.05, 0) is 42.2 Å². The molecule has 2 aromatic carbocycles. The first-order chi connectivity index (χ1) is 11.0. The number of carbonyl (C=O) groups is 1. The van der Waals surface area contributed by atoms with Crippen molar-refractivity contribution in [3.05, 3.63) is 64.7 Å². The van der Waals surface area contributed by atoms with E-state index in [4.69, 9.17) is 10.5 Å². The Morgan fingerprint density at radius 3 is 2.70 bits per heavy atom. The molecule has 2 atom stereocenters. The quantitative estimate of drug-likeness (QED) is 0.911. The van der Waals surface area contributed by atoms with Crippen LogP contribution >= 0.6 is 0 Å². The van der Waals surface area contributed by atoms with E-state index < -0.39 is 6.10 Å². The van der Waals surface area contributed by atoms with Gasteiger partial charge in [0.15, 0.2) is 6.10 Å². The third-order valence-corrected chi connectivity index (χ3v) is 4.37. The van der Waals surface area contributed by atoms with Crippen LogP contribution in [0.3, 0.4) is 0 Å². The summed E-state index contributed by atoms with van der Waals surface area (Å²) < 4.78 is 5.79. The van der Waals surface area contributed by atoms with Crippen LogP contribution in [0.1, 0.15) is 28.3 Å². The molecule has 120 valence electrons. The zero-order valence-corrected chi connectivity index (χ0v) is 13.5. The van der Waals surface area contributed by atoms with Gasteiger partial charge in [-0.1, -0.05) is 36.4 Å². The van der Waals surface area contributed by atoms with E-state index in [-0.39, 0.29) is 11.9 Å². The highest BCUT2D eigenvalue weighted by atomic mass is 16.5. The fraction of sp³-hybridized carbons (Fsp3) is 0.316. The standard InChI is InChI=1S/C19H22N2O2/c1-12-8-15-10-18(23-17(15)9-13(12)2)19(22)21-11-16(20)14-6-4-3-5-7-14/h3-9,16,18H,10-11,20H2,1-2H3,(H,21,22). The van der Waals surface area contributed by atoms with Crippen LogP contribution in [0.5, 0.6) is 5.75 Å². The maximum absolute atomic E-state index is 12.3. The van der Waals surface area contributed by atoms with E-state index in [1.807, 2.05) is 43.3 Å². The Kier molecular flexibility index (Phi) is 4.35. The van der Waals surface area contributed by atoms with Gasteiger partial charge in [-0.25, -0.2) is 0 Å². The van der Waals surface area contributed by atoms with E-state index in [1.165, 1.54) is 11.1 Å². The van der Waals surface area contributed by atoms with E-state index in [2.05, 4.69) is 18.3 Å².